The van der Waals surface area contributed by atoms with Crippen molar-refractivity contribution in [2.75, 3.05) is 30.9 Å². The Morgan fingerprint density at radius 2 is 1.77 bits per heavy atom. The van der Waals surface area contributed by atoms with Crippen LogP contribution in [0.5, 0.6) is 0 Å². The highest BCUT2D eigenvalue weighted by atomic mass is 16.2. The number of H-pyrrole nitrogens is 1. The lowest BCUT2D eigenvalue weighted by Crippen LogP contribution is -2.23. The third-order valence-corrected chi connectivity index (χ3v) is 3.66. The zero-order chi connectivity index (χ0) is 16.0. The fraction of sp³-hybridized carbons (Fsp3) is 0.333. The Morgan fingerprint density at radius 1 is 1.09 bits per heavy atom. The van der Waals surface area contributed by atoms with Gasteiger partial charge in [0.2, 0.25) is 17.8 Å². The van der Waals surface area contributed by atoms with Crippen LogP contribution in [-0.2, 0) is 4.79 Å². The first-order chi connectivity index (χ1) is 10.4. The molecule has 0 unspecified atom stereocenters. The normalized spacial score (nSPS) is 11.1. The predicted molar refractivity (Wildman–Crippen MR) is 86.5 cm³/mol. The van der Waals surface area contributed by atoms with Crippen molar-refractivity contribution in [3.05, 3.63) is 17.7 Å². The first kappa shape index (κ1) is 14.2. The standard InChI is InChI=1S/C15H18N6O/c1-8-6-7-10-12(18-14(16-10)20(3)4)13-11(8)17-15(19-13)21(5)9(2)22/h6-7H,1-5H3,(H,16,18). The van der Waals surface area contributed by atoms with Crippen LogP contribution < -0.4 is 9.80 Å². The maximum absolute atomic E-state index is 11.5. The molecular formula is C15H18N6O. The monoisotopic (exact) mass is 298 g/mol. The van der Waals surface area contributed by atoms with Gasteiger partial charge in [0.25, 0.3) is 0 Å². The van der Waals surface area contributed by atoms with Gasteiger partial charge in [-0.1, -0.05) is 6.07 Å². The van der Waals surface area contributed by atoms with E-state index in [0.717, 1.165) is 28.2 Å². The molecule has 7 heteroatoms. The molecule has 3 rings (SSSR count). The summed E-state index contributed by atoms with van der Waals surface area (Å²) < 4.78 is 0. The van der Waals surface area contributed by atoms with Crippen LogP contribution in [0.15, 0.2) is 12.1 Å². The summed E-state index contributed by atoms with van der Waals surface area (Å²) in [5.74, 6) is 1.04. The van der Waals surface area contributed by atoms with Gasteiger partial charge in [0.05, 0.1) is 11.2 Å². The lowest BCUT2D eigenvalue weighted by Gasteiger charge is -2.08. The second-order valence-electron chi connectivity index (χ2n) is 5.53. The van der Waals surface area contributed by atoms with Crippen LogP contribution in [0.4, 0.5) is 11.9 Å². The number of aromatic nitrogens is 4. The van der Waals surface area contributed by atoms with Crippen molar-refractivity contribution in [2.45, 2.75) is 13.8 Å². The second kappa shape index (κ2) is 4.94. The lowest BCUT2D eigenvalue weighted by molar-refractivity contribution is -0.116. The van der Waals surface area contributed by atoms with Gasteiger partial charge in [0.15, 0.2) is 0 Å². The smallest absolute Gasteiger partial charge is 0.233 e. The quantitative estimate of drug-likeness (QED) is 0.780. The number of imidazole rings is 2. The van der Waals surface area contributed by atoms with E-state index in [2.05, 4.69) is 19.9 Å². The van der Waals surface area contributed by atoms with Crippen LogP contribution in [0.3, 0.4) is 0 Å². The van der Waals surface area contributed by atoms with Crippen LogP contribution >= 0.6 is 0 Å². The van der Waals surface area contributed by atoms with Gasteiger partial charge in [-0.15, -0.1) is 0 Å². The van der Waals surface area contributed by atoms with Gasteiger partial charge < -0.3 is 9.88 Å². The van der Waals surface area contributed by atoms with Gasteiger partial charge in [-0.25, -0.2) is 15.0 Å². The molecule has 1 aliphatic carbocycles. The minimum Gasteiger partial charge on any atom is -0.349 e. The van der Waals surface area contributed by atoms with Crippen LogP contribution in [0.25, 0.3) is 22.4 Å². The number of aromatic amines is 1. The van der Waals surface area contributed by atoms with E-state index in [1.807, 2.05) is 38.1 Å². The van der Waals surface area contributed by atoms with Crippen molar-refractivity contribution in [2.24, 2.45) is 0 Å². The molecule has 1 amide bonds. The number of rotatable bonds is 2. The molecule has 22 heavy (non-hydrogen) atoms. The summed E-state index contributed by atoms with van der Waals surface area (Å²) in [6.45, 7) is 3.46. The first-order valence-electron chi connectivity index (χ1n) is 6.97. The van der Waals surface area contributed by atoms with E-state index < -0.39 is 0 Å². The largest absolute Gasteiger partial charge is 0.349 e. The van der Waals surface area contributed by atoms with Crippen molar-refractivity contribution in [3.63, 3.8) is 0 Å². The van der Waals surface area contributed by atoms with Crippen LogP contribution in [0.1, 0.15) is 12.5 Å². The van der Waals surface area contributed by atoms with Crippen molar-refractivity contribution >= 4 is 28.8 Å². The fourth-order valence-electron chi connectivity index (χ4n) is 2.24. The van der Waals surface area contributed by atoms with Gasteiger partial charge >= 0.3 is 0 Å². The molecule has 114 valence electrons. The Labute approximate surface area is 128 Å². The minimum atomic E-state index is -0.107. The lowest BCUT2D eigenvalue weighted by atomic mass is 10.2. The highest BCUT2D eigenvalue weighted by Crippen LogP contribution is 2.31. The number of aryl methyl sites for hydroxylation is 1. The molecule has 7 nitrogen and oxygen atoms in total. The molecule has 0 fully saturated rings. The van der Waals surface area contributed by atoms with Gasteiger partial charge in [-0.2, -0.15) is 0 Å². The number of hydrogen-bond acceptors (Lipinski definition) is 5. The van der Waals surface area contributed by atoms with E-state index in [1.54, 1.807) is 7.05 Å². The highest BCUT2D eigenvalue weighted by Gasteiger charge is 2.21. The molecule has 2 aliphatic rings. The third-order valence-electron chi connectivity index (χ3n) is 3.66. The maximum Gasteiger partial charge on any atom is 0.233 e. The molecule has 0 saturated heterocycles. The fourth-order valence-corrected chi connectivity index (χ4v) is 2.24. The molecule has 0 atom stereocenters. The molecule has 0 spiro atoms. The van der Waals surface area contributed by atoms with E-state index in [4.69, 9.17) is 0 Å². The summed E-state index contributed by atoms with van der Waals surface area (Å²) in [7, 11) is 5.51. The van der Waals surface area contributed by atoms with Crippen molar-refractivity contribution < 1.29 is 4.79 Å². The second-order valence-corrected chi connectivity index (χ2v) is 5.53. The number of carbonyl (C=O) groups is 1. The topological polar surface area (TPSA) is 78.0 Å². The molecule has 1 aromatic heterocycles. The van der Waals surface area contributed by atoms with Crippen LogP contribution in [0.2, 0.25) is 0 Å². The minimum absolute atomic E-state index is 0.107. The number of amides is 1. The summed E-state index contributed by atoms with van der Waals surface area (Å²) in [4.78, 5) is 31.8. The van der Waals surface area contributed by atoms with E-state index in [-0.39, 0.29) is 5.91 Å². The molecule has 0 bridgehead atoms. The first-order valence-corrected chi connectivity index (χ1v) is 6.97. The maximum atomic E-state index is 11.5. The van der Waals surface area contributed by atoms with E-state index in [9.17, 15) is 4.79 Å². The Bertz CT molecular complexity index is 838. The number of carbonyl (C=O) groups excluding carboxylic acids is 1. The summed E-state index contributed by atoms with van der Waals surface area (Å²) in [6, 6.07) is 3.96. The highest BCUT2D eigenvalue weighted by molar-refractivity contribution is 5.94. The van der Waals surface area contributed by atoms with E-state index >= 15 is 0 Å². The number of hydrogen-bond donors (Lipinski definition) is 1. The van der Waals surface area contributed by atoms with Gasteiger partial charge in [-0.05, 0) is 18.6 Å². The van der Waals surface area contributed by atoms with Gasteiger partial charge in [0, 0.05) is 28.1 Å². The average molecular weight is 298 g/mol. The van der Waals surface area contributed by atoms with E-state index in [1.165, 1.54) is 11.8 Å². The number of fused-ring (bicyclic) bond motifs is 3. The SMILES string of the molecule is CC(=O)N(C)c1nc2c(C)ccc3[nH]c(N(C)C)nc3c-2n1. The molecule has 1 aliphatic heterocycles. The van der Waals surface area contributed by atoms with Crippen LogP contribution in [0, 0.1) is 6.92 Å². The Morgan fingerprint density at radius 3 is 2.41 bits per heavy atom. The van der Waals surface area contributed by atoms with E-state index in [0.29, 0.717) is 11.6 Å². The van der Waals surface area contributed by atoms with Crippen molar-refractivity contribution in [1.29, 1.82) is 0 Å². The number of nitrogens with one attached hydrogen (secondary N) is 1. The van der Waals surface area contributed by atoms with Gasteiger partial charge in [0.1, 0.15) is 11.2 Å². The average Bonchev–Trinajstić information content (AvgIpc) is 3.05. The Hall–Kier alpha value is -2.70. The summed E-state index contributed by atoms with van der Waals surface area (Å²) in [6.07, 6.45) is 0. The molecular weight excluding hydrogens is 280 g/mol. The number of anilines is 2. The van der Waals surface area contributed by atoms with Crippen molar-refractivity contribution in [3.8, 4) is 11.4 Å². The third kappa shape index (κ3) is 2.14. The molecule has 0 saturated carbocycles. The Kier molecular flexibility index (Phi) is 3.20. The zero-order valence-corrected chi connectivity index (χ0v) is 13.3. The van der Waals surface area contributed by atoms with Crippen molar-refractivity contribution in [1.82, 2.24) is 19.9 Å². The predicted octanol–water partition coefficient (Wildman–Crippen LogP) is 1.81. The summed E-state index contributed by atoms with van der Waals surface area (Å²) in [5.41, 5.74) is 4.09. The molecule has 2 heterocycles. The molecule has 1 aromatic rings. The molecule has 0 aromatic carbocycles. The zero-order valence-electron chi connectivity index (χ0n) is 13.3. The summed E-state index contributed by atoms with van der Waals surface area (Å²) in [5, 5.41) is 0. The van der Waals surface area contributed by atoms with Gasteiger partial charge in [-0.3, -0.25) is 9.69 Å². The summed E-state index contributed by atoms with van der Waals surface area (Å²) >= 11 is 0. The van der Waals surface area contributed by atoms with Crippen LogP contribution in [-0.4, -0.2) is 47.0 Å². The Balaban J connectivity index is 2.31. The number of nitrogens with zero attached hydrogens (tertiary/aromatic N) is 5. The molecule has 1 N–H and O–H groups in total. The molecule has 0 radical (unpaired) electrons.